The van der Waals surface area contributed by atoms with Crippen LogP contribution < -0.4 is 15.1 Å². The molecule has 4 rings (SSSR count). The van der Waals surface area contributed by atoms with E-state index >= 15 is 0 Å². The minimum atomic E-state index is -0.465. The van der Waals surface area contributed by atoms with Crippen LogP contribution in [0.2, 0.25) is 0 Å². The van der Waals surface area contributed by atoms with Gasteiger partial charge in [-0.1, -0.05) is 31.2 Å². The van der Waals surface area contributed by atoms with Gasteiger partial charge < -0.3 is 19.0 Å². The molecule has 0 saturated carbocycles. The molecule has 3 aromatic rings. The van der Waals surface area contributed by atoms with Gasteiger partial charge in [0.05, 0.1) is 50.8 Å². The largest absolute Gasteiger partial charge is 0.494 e. The fourth-order valence-corrected chi connectivity index (χ4v) is 3.85. The quantitative estimate of drug-likeness (QED) is 0.653. The van der Waals surface area contributed by atoms with E-state index in [1.54, 1.807) is 23.1 Å². The summed E-state index contributed by atoms with van der Waals surface area (Å²) in [6, 6.07) is 14.3. The summed E-state index contributed by atoms with van der Waals surface area (Å²) < 4.78 is 11.6. The Bertz CT molecular complexity index is 1120. The highest BCUT2D eigenvalue weighted by Crippen LogP contribution is 2.38. The molecule has 2 heterocycles. The number of para-hydroxylation sites is 1. The maximum Gasteiger partial charge on any atom is 0.291 e. The second-order valence-electron chi connectivity index (χ2n) is 7.95. The van der Waals surface area contributed by atoms with Crippen molar-refractivity contribution >= 4 is 16.9 Å². The van der Waals surface area contributed by atoms with Crippen LogP contribution in [0, 0.1) is 0 Å². The third kappa shape index (κ3) is 3.59. The van der Waals surface area contributed by atoms with Crippen LogP contribution in [-0.2, 0) is 0 Å². The number of likely N-dealkylation sites (N-methyl/N-ethyl adjacent to an activating group) is 1. The van der Waals surface area contributed by atoms with Gasteiger partial charge in [0.25, 0.3) is 5.91 Å². The number of hydrogen-bond donors (Lipinski definition) is 1. The van der Waals surface area contributed by atoms with Gasteiger partial charge in [0, 0.05) is 0 Å². The molecule has 0 saturated heterocycles. The lowest BCUT2D eigenvalue weighted by atomic mass is 9.98. The van der Waals surface area contributed by atoms with Crippen LogP contribution >= 0.6 is 0 Å². The predicted molar refractivity (Wildman–Crippen MR) is 115 cm³/mol. The Labute approximate surface area is 175 Å². The SMILES string of the molecule is CCCOc1ccc([C@H]2c3c(oc4ccccc4c3=O)C(=O)N2CC[NH+](C)C)cc1. The summed E-state index contributed by atoms with van der Waals surface area (Å²) >= 11 is 0. The fraction of sp³-hybridized carbons (Fsp3) is 0.333. The van der Waals surface area contributed by atoms with Crippen molar-refractivity contribution in [3.8, 4) is 5.75 Å². The summed E-state index contributed by atoms with van der Waals surface area (Å²) in [5.41, 5.74) is 1.60. The minimum Gasteiger partial charge on any atom is -0.494 e. The number of amides is 1. The Hall–Kier alpha value is -3.12. The van der Waals surface area contributed by atoms with Crippen molar-refractivity contribution in [3.05, 3.63) is 75.6 Å². The van der Waals surface area contributed by atoms with Crippen molar-refractivity contribution in [2.45, 2.75) is 19.4 Å². The van der Waals surface area contributed by atoms with Gasteiger partial charge in [-0.05, 0) is 36.2 Å². The van der Waals surface area contributed by atoms with E-state index in [0.29, 0.717) is 29.7 Å². The van der Waals surface area contributed by atoms with Gasteiger partial charge in [0.15, 0.2) is 5.43 Å². The van der Waals surface area contributed by atoms with E-state index in [-0.39, 0.29) is 17.1 Å². The Morgan fingerprint density at radius 3 is 2.50 bits per heavy atom. The molecule has 1 aromatic heterocycles. The van der Waals surface area contributed by atoms with Crippen molar-refractivity contribution in [2.24, 2.45) is 0 Å². The summed E-state index contributed by atoms with van der Waals surface area (Å²) in [4.78, 5) is 29.6. The number of hydrogen-bond acceptors (Lipinski definition) is 4. The van der Waals surface area contributed by atoms with Crippen LogP contribution in [0.5, 0.6) is 5.75 Å². The molecule has 1 N–H and O–H groups in total. The molecular weight excluding hydrogens is 380 g/mol. The molecule has 1 aliphatic heterocycles. The first kappa shape index (κ1) is 20.2. The number of carbonyl (C=O) groups excluding carboxylic acids is 1. The first-order valence-corrected chi connectivity index (χ1v) is 10.4. The smallest absolute Gasteiger partial charge is 0.291 e. The number of fused-ring (bicyclic) bond motifs is 2. The number of nitrogens with one attached hydrogen (secondary N) is 1. The Morgan fingerprint density at radius 2 is 1.80 bits per heavy atom. The van der Waals surface area contributed by atoms with Crippen LogP contribution in [0.25, 0.3) is 11.0 Å². The molecule has 0 unspecified atom stereocenters. The highest BCUT2D eigenvalue weighted by Gasteiger charge is 2.42. The Balaban J connectivity index is 1.82. The van der Waals surface area contributed by atoms with Crippen LogP contribution in [0.15, 0.2) is 57.7 Å². The third-order valence-corrected chi connectivity index (χ3v) is 5.39. The van der Waals surface area contributed by atoms with Crippen molar-refractivity contribution in [3.63, 3.8) is 0 Å². The molecule has 6 heteroatoms. The molecule has 30 heavy (non-hydrogen) atoms. The molecule has 156 valence electrons. The molecule has 0 fully saturated rings. The molecule has 0 radical (unpaired) electrons. The maximum absolute atomic E-state index is 13.4. The van der Waals surface area contributed by atoms with Crippen LogP contribution in [0.4, 0.5) is 0 Å². The predicted octanol–water partition coefficient (Wildman–Crippen LogP) is 2.27. The summed E-state index contributed by atoms with van der Waals surface area (Å²) in [7, 11) is 4.08. The van der Waals surface area contributed by atoms with Gasteiger partial charge in [0.2, 0.25) is 5.76 Å². The van der Waals surface area contributed by atoms with Crippen molar-refractivity contribution in [2.75, 3.05) is 33.8 Å². The summed E-state index contributed by atoms with van der Waals surface area (Å²) in [6.45, 7) is 4.00. The van der Waals surface area contributed by atoms with Gasteiger partial charge in [-0.2, -0.15) is 0 Å². The number of benzene rings is 2. The normalized spacial score (nSPS) is 15.8. The van der Waals surface area contributed by atoms with Crippen LogP contribution in [0.3, 0.4) is 0 Å². The first-order valence-electron chi connectivity index (χ1n) is 10.4. The molecule has 1 atom stereocenters. The van der Waals surface area contributed by atoms with Crippen LogP contribution in [0.1, 0.15) is 41.1 Å². The van der Waals surface area contributed by atoms with E-state index in [1.165, 1.54) is 4.90 Å². The summed E-state index contributed by atoms with van der Waals surface area (Å²) in [6.07, 6.45) is 0.932. The Morgan fingerprint density at radius 1 is 1.07 bits per heavy atom. The van der Waals surface area contributed by atoms with Crippen molar-refractivity contribution < 1.29 is 18.8 Å². The van der Waals surface area contributed by atoms with Gasteiger partial charge in [-0.25, -0.2) is 0 Å². The van der Waals surface area contributed by atoms with E-state index in [1.807, 2.05) is 44.4 Å². The monoisotopic (exact) mass is 407 g/mol. The molecule has 0 aliphatic carbocycles. The number of carbonyl (C=O) groups is 1. The van der Waals surface area contributed by atoms with Gasteiger partial charge in [-0.3, -0.25) is 9.59 Å². The lowest BCUT2D eigenvalue weighted by Gasteiger charge is -2.25. The van der Waals surface area contributed by atoms with E-state index in [2.05, 4.69) is 6.92 Å². The van der Waals surface area contributed by atoms with Crippen molar-refractivity contribution in [1.82, 2.24) is 4.90 Å². The standard InChI is InChI=1S/C24H26N2O4/c1-4-15-29-17-11-9-16(10-12-17)21-20-22(27)18-7-5-6-8-19(18)30-23(20)24(28)26(21)14-13-25(2)3/h5-12,21H,4,13-15H2,1-3H3/p+1/t21-/m0/s1. The topological polar surface area (TPSA) is 64.2 Å². The van der Waals surface area contributed by atoms with Crippen LogP contribution in [-0.4, -0.2) is 44.6 Å². The average Bonchev–Trinajstić information content (AvgIpc) is 3.03. The minimum absolute atomic E-state index is 0.142. The molecule has 1 aliphatic rings. The van der Waals surface area contributed by atoms with E-state index in [4.69, 9.17) is 9.15 Å². The van der Waals surface area contributed by atoms with Gasteiger partial charge >= 0.3 is 0 Å². The summed E-state index contributed by atoms with van der Waals surface area (Å²) in [5, 5.41) is 0.497. The highest BCUT2D eigenvalue weighted by atomic mass is 16.5. The van der Waals surface area contributed by atoms with Gasteiger partial charge in [-0.15, -0.1) is 0 Å². The molecule has 1 amide bonds. The fourth-order valence-electron chi connectivity index (χ4n) is 3.85. The zero-order valence-corrected chi connectivity index (χ0v) is 17.6. The molecule has 2 aromatic carbocycles. The van der Waals surface area contributed by atoms with Crippen molar-refractivity contribution in [1.29, 1.82) is 0 Å². The van der Waals surface area contributed by atoms with E-state index in [0.717, 1.165) is 24.3 Å². The Kier molecular flexibility index (Phi) is 5.59. The highest BCUT2D eigenvalue weighted by molar-refractivity contribution is 5.99. The molecule has 0 bridgehead atoms. The zero-order chi connectivity index (χ0) is 21.3. The molecule has 0 spiro atoms. The first-order chi connectivity index (χ1) is 14.5. The second kappa shape index (κ2) is 8.32. The summed E-state index contributed by atoms with van der Waals surface area (Å²) in [5.74, 6) is 0.703. The zero-order valence-electron chi connectivity index (χ0n) is 17.6. The molecule has 6 nitrogen and oxygen atoms in total. The second-order valence-corrected chi connectivity index (χ2v) is 7.95. The lowest BCUT2D eigenvalue weighted by molar-refractivity contribution is -0.857. The number of rotatable bonds is 7. The number of quaternary nitrogens is 1. The average molecular weight is 407 g/mol. The molecular formula is C24H27N2O4+. The van der Waals surface area contributed by atoms with E-state index < -0.39 is 6.04 Å². The van der Waals surface area contributed by atoms with E-state index in [9.17, 15) is 9.59 Å². The third-order valence-electron chi connectivity index (χ3n) is 5.39. The lowest BCUT2D eigenvalue weighted by Crippen LogP contribution is -3.06. The maximum atomic E-state index is 13.4. The van der Waals surface area contributed by atoms with Gasteiger partial charge in [0.1, 0.15) is 11.3 Å². The number of ether oxygens (including phenoxy) is 1. The number of nitrogens with zero attached hydrogens (tertiary/aromatic N) is 1.